The summed E-state index contributed by atoms with van der Waals surface area (Å²) in [6.45, 7) is 7.63. The number of nitrogens with zero attached hydrogens (tertiary/aromatic N) is 1. The molecule has 1 aliphatic carbocycles. The van der Waals surface area contributed by atoms with Crippen LogP contribution >= 0.6 is 0 Å². The van der Waals surface area contributed by atoms with Crippen molar-refractivity contribution in [3.05, 3.63) is 70.7 Å². The first-order chi connectivity index (χ1) is 15.9. The summed E-state index contributed by atoms with van der Waals surface area (Å²) in [7, 11) is -1.24. The van der Waals surface area contributed by atoms with Crippen molar-refractivity contribution in [1.29, 1.82) is 0 Å². The molecule has 0 aromatic heterocycles. The third-order valence-corrected chi connectivity index (χ3v) is 5.86. The second-order valence-corrected chi connectivity index (χ2v) is 8.33. The first-order valence-electron chi connectivity index (χ1n) is 11.0. The molecule has 9 heteroatoms. The molecule has 3 N–H and O–H groups in total. The van der Waals surface area contributed by atoms with Crippen LogP contribution in [0, 0.1) is 0 Å². The van der Waals surface area contributed by atoms with E-state index in [9.17, 15) is 18.2 Å². The first kappa shape index (κ1) is 28.3. The smallest absolute Gasteiger partial charge is 0.303 e. The molecule has 0 aromatic carbocycles. The monoisotopic (exact) mass is 479 g/mol. The summed E-state index contributed by atoms with van der Waals surface area (Å²) in [5.41, 5.74) is 2.32. The number of halogens is 1. The lowest BCUT2D eigenvalue weighted by atomic mass is 10.1. The van der Waals surface area contributed by atoms with Gasteiger partial charge in [0.25, 0.3) is 0 Å². The molecule has 0 radical (unpaired) electrons. The number of carbonyl (C=O) groups is 2. The maximum absolute atomic E-state index is 12.1. The molecule has 2 rings (SSSR count). The molecular weight excluding hydrogens is 445 g/mol. The molecule has 0 bridgehead atoms. The van der Waals surface area contributed by atoms with E-state index in [0.29, 0.717) is 38.0 Å². The van der Waals surface area contributed by atoms with Crippen LogP contribution in [0.25, 0.3) is 0 Å². The Morgan fingerprint density at radius 2 is 1.97 bits per heavy atom. The quantitative estimate of drug-likeness (QED) is 0.412. The average molecular weight is 480 g/mol. The maximum Gasteiger partial charge on any atom is 0.303 e. The second-order valence-electron chi connectivity index (χ2n) is 7.04. The lowest BCUT2D eigenvalue weighted by molar-refractivity contribution is -0.140. The fourth-order valence-electron chi connectivity index (χ4n) is 3.12. The molecule has 1 atom stereocenters. The largest absolute Gasteiger partial charge is 0.481 e. The van der Waals surface area contributed by atoms with Crippen molar-refractivity contribution in [1.82, 2.24) is 14.9 Å². The number of hydrogen-bond acceptors (Lipinski definition) is 4. The molecule has 0 aromatic rings. The van der Waals surface area contributed by atoms with Crippen molar-refractivity contribution in [3.8, 4) is 0 Å². The van der Waals surface area contributed by atoms with E-state index in [0.717, 1.165) is 22.7 Å². The molecular formula is C24H34FN3O4S. The number of fused-ring (bicyclic) bond motifs is 1. The molecule has 0 spiro atoms. The van der Waals surface area contributed by atoms with E-state index in [1.54, 1.807) is 17.1 Å². The zero-order valence-corrected chi connectivity index (χ0v) is 20.3. The van der Waals surface area contributed by atoms with E-state index in [1.807, 2.05) is 51.2 Å². The highest BCUT2D eigenvalue weighted by Crippen LogP contribution is 2.32. The van der Waals surface area contributed by atoms with Gasteiger partial charge in [0.2, 0.25) is 5.91 Å². The topological polar surface area (TPSA) is 98.7 Å². The molecule has 7 nitrogen and oxygen atoms in total. The molecule has 0 saturated carbocycles. The molecule has 1 aliphatic heterocycles. The molecule has 1 heterocycles. The number of hydrogen-bond donors (Lipinski definition) is 3. The standard InChI is InChI=1S/C15H20N2O4S.C9H14FN/c1-2-16-22(21)12-4-3-5-13-11(10-12)8-9-17(13)14(18)6-7-15(19)20;1-3-5-6-7-9(8-10)11-4-2/h4-5,10,16H,2-3,6-9H2,1H3,(H,19,20);3,5-8,11H,4H2,1-2H3/b;5-3-,7-6-,9-8-. The van der Waals surface area contributed by atoms with Crippen LogP contribution in [0.4, 0.5) is 4.39 Å². The van der Waals surface area contributed by atoms with Crippen molar-refractivity contribution in [2.75, 3.05) is 19.6 Å². The van der Waals surface area contributed by atoms with Gasteiger partial charge in [0.15, 0.2) is 0 Å². The van der Waals surface area contributed by atoms with Crippen molar-refractivity contribution >= 4 is 22.9 Å². The SMILES string of the molecule is CCNS(=O)C1=CCC=C2C(=C1)CCN2C(=O)CCC(=O)O.C\C=C/C=C\C(=C\F)NCC. The van der Waals surface area contributed by atoms with Gasteiger partial charge in [-0.2, -0.15) is 0 Å². The molecule has 1 saturated heterocycles. The van der Waals surface area contributed by atoms with Gasteiger partial charge in [-0.25, -0.2) is 13.3 Å². The number of likely N-dealkylation sites (N-methyl/N-ethyl adjacent to an activating group) is 1. The van der Waals surface area contributed by atoms with Crippen LogP contribution in [-0.4, -0.2) is 45.7 Å². The Balaban J connectivity index is 0.000000420. The predicted molar refractivity (Wildman–Crippen MR) is 131 cm³/mol. The van der Waals surface area contributed by atoms with E-state index in [1.165, 1.54) is 0 Å². The van der Waals surface area contributed by atoms with Gasteiger partial charge in [0, 0.05) is 31.8 Å². The van der Waals surface area contributed by atoms with E-state index in [4.69, 9.17) is 5.11 Å². The maximum atomic E-state index is 12.1. The highest BCUT2D eigenvalue weighted by atomic mass is 32.2. The average Bonchev–Trinajstić information content (AvgIpc) is 3.07. The number of likely N-dealkylation sites (tertiary alicyclic amines) is 1. The first-order valence-corrected chi connectivity index (χ1v) is 12.1. The minimum atomic E-state index is -1.24. The lowest BCUT2D eigenvalue weighted by Crippen LogP contribution is -2.26. The number of rotatable bonds is 10. The molecule has 182 valence electrons. The van der Waals surface area contributed by atoms with Gasteiger partial charge in [-0.15, -0.1) is 0 Å². The number of amides is 1. The normalized spacial score (nSPS) is 16.9. The van der Waals surface area contributed by atoms with E-state index in [-0.39, 0.29) is 18.7 Å². The van der Waals surface area contributed by atoms with E-state index < -0.39 is 17.0 Å². The number of carboxylic acid groups (broad SMARTS) is 1. The Kier molecular flexibility index (Phi) is 13.6. The van der Waals surface area contributed by atoms with Crippen LogP contribution in [0.3, 0.4) is 0 Å². The second kappa shape index (κ2) is 15.9. The molecule has 2 aliphatic rings. The summed E-state index contributed by atoms with van der Waals surface area (Å²) in [4.78, 5) is 25.1. The minimum absolute atomic E-state index is 0.00353. The Morgan fingerprint density at radius 1 is 1.21 bits per heavy atom. The van der Waals surface area contributed by atoms with Gasteiger partial charge >= 0.3 is 5.97 Å². The Bertz CT molecular complexity index is 888. The van der Waals surface area contributed by atoms with E-state index in [2.05, 4.69) is 10.0 Å². The van der Waals surface area contributed by atoms with Crippen molar-refractivity contribution < 1.29 is 23.3 Å². The fraction of sp³-hybridized carbons (Fsp3) is 0.417. The number of aliphatic carboxylic acids is 1. The summed E-state index contributed by atoms with van der Waals surface area (Å²) in [6, 6.07) is 0. The Morgan fingerprint density at radius 3 is 2.58 bits per heavy atom. The van der Waals surface area contributed by atoms with Gasteiger partial charge in [-0.1, -0.05) is 37.3 Å². The molecule has 1 amide bonds. The minimum Gasteiger partial charge on any atom is -0.481 e. The summed E-state index contributed by atoms with van der Waals surface area (Å²) in [5, 5.41) is 11.5. The van der Waals surface area contributed by atoms with Gasteiger partial charge < -0.3 is 15.3 Å². The number of carboxylic acids is 1. The number of carbonyl (C=O) groups excluding carboxylic acids is 1. The number of allylic oxidation sites excluding steroid dienone is 8. The molecule has 1 fully saturated rings. The van der Waals surface area contributed by atoms with Gasteiger partial charge in [-0.3, -0.25) is 9.59 Å². The zero-order valence-electron chi connectivity index (χ0n) is 19.5. The van der Waals surface area contributed by atoms with Gasteiger partial charge in [0.05, 0.1) is 17.0 Å². The molecule has 1 unspecified atom stereocenters. The van der Waals surface area contributed by atoms with Crippen molar-refractivity contribution in [2.45, 2.75) is 46.5 Å². The van der Waals surface area contributed by atoms with Gasteiger partial charge in [-0.05, 0) is 44.4 Å². The van der Waals surface area contributed by atoms with Crippen LogP contribution < -0.4 is 10.0 Å². The van der Waals surface area contributed by atoms with Gasteiger partial charge in [0.1, 0.15) is 17.3 Å². The highest BCUT2D eigenvalue weighted by molar-refractivity contribution is 7.87. The summed E-state index contributed by atoms with van der Waals surface area (Å²) >= 11 is 0. The summed E-state index contributed by atoms with van der Waals surface area (Å²) < 4.78 is 26.9. The Hall–Kier alpha value is -2.78. The van der Waals surface area contributed by atoms with Crippen molar-refractivity contribution in [2.24, 2.45) is 0 Å². The third kappa shape index (κ3) is 10.1. The lowest BCUT2D eigenvalue weighted by Gasteiger charge is -2.17. The van der Waals surface area contributed by atoms with Crippen LogP contribution in [0.1, 0.15) is 46.5 Å². The zero-order chi connectivity index (χ0) is 24.6. The molecule has 33 heavy (non-hydrogen) atoms. The summed E-state index contributed by atoms with van der Waals surface area (Å²) in [6.07, 6.45) is 14.6. The number of nitrogens with one attached hydrogen (secondary N) is 2. The van der Waals surface area contributed by atoms with Crippen LogP contribution in [0.15, 0.2) is 70.7 Å². The van der Waals surface area contributed by atoms with Crippen LogP contribution in [-0.2, 0) is 20.6 Å². The fourth-order valence-corrected chi connectivity index (χ4v) is 4.04. The summed E-state index contributed by atoms with van der Waals surface area (Å²) in [5.74, 6) is -1.14. The van der Waals surface area contributed by atoms with Crippen molar-refractivity contribution in [3.63, 3.8) is 0 Å². The van der Waals surface area contributed by atoms with E-state index >= 15 is 0 Å². The van der Waals surface area contributed by atoms with Crippen LogP contribution in [0.5, 0.6) is 0 Å². The predicted octanol–water partition coefficient (Wildman–Crippen LogP) is 3.99. The third-order valence-electron chi connectivity index (χ3n) is 4.59. The van der Waals surface area contributed by atoms with Crippen LogP contribution in [0.2, 0.25) is 0 Å². The highest BCUT2D eigenvalue weighted by Gasteiger charge is 2.28. The Labute approximate surface area is 198 Å².